The highest BCUT2D eigenvalue weighted by Gasteiger charge is 2.31. The lowest BCUT2D eigenvalue weighted by Gasteiger charge is -2.28. The molecule has 0 aromatic heterocycles. The highest BCUT2D eigenvalue weighted by atomic mass is 16.2. The van der Waals surface area contributed by atoms with E-state index in [1.54, 1.807) is 0 Å². The van der Waals surface area contributed by atoms with Gasteiger partial charge in [-0.25, -0.2) is 0 Å². The predicted octanol–water partition coefficient (Wildman–Crippen LogP) is 1.78. The molecule has 1 N–H and O–H groups in total. The van der Waals surface area contributed by atoms with E-state index in [1.807, 2.05) is 0 Å². The molecule has 2 fully saturated rings. The van der Waals surface area contributed by atoms with E-state index in [-0.39, 0.29) is 0 Å². The summed E-state index contributed by atoms with van der Waals surface area (Å²) in [4.78, 5) is 14.3. The van der Waals surface area contributed by atoms with Crippen LogP contribution in [0.25, 0.3) is 0 Å². The number of carbonyl (C=O) groups excluding carboxylic acids is 1. The van der Waals surface area contributed by atoms with Gasteiger partial charge in [-0.1, -0.05) is 13.8 Å². The molecule has 92 valence electrons. The number of hydrogen-bond donors (Lipinski definition) is 1. The fourth-order valence-corrected chi connectivity index (χ4v) is 3.05. The van der Waals surface area contributed by atoms with Crippen LogP contribution in [0.15, 0.2) is 0 Å². The van der Waals surface area contributed by atoms with Gasteiger partial charge in [0, 0.05) is 25.0 Å². The molecule has 2 unspecified atom stereocenters. The summed E-state index contributed by atoms with van der Waals surface area (Å²) in [5.74, 6) is 0.971. The molecule has 2 aliphatic rings. The van der Waals surface area contributed by atoms with Crippen molar-refractivity contribution in [2.75, 3.05) is 13.1 Å². The second-order valence-electron chi connectivity index (χ2n) is 5.54. The molecule has 2 aliphatic heterocycles. The molecule has 2 heterocycles. The van der Waals surface area contributed by atoms with E-state index in [4.69, 9.17) is 0 Å². The minimum Gasteiger partial charge on any atom is -0.339 e. The predicted molar refractivity (Wildman–Crippen MR) is 65.2 cm³/mol. The minimum atomic E-state index is 0.371. The van der Waals surface area contributed by atoms with Crippen LogP contribution < -0.4 is 5.32 Å². The third-order valence-corrected chi connectivity index (χ3v) is 3.97. The third kappa shape index (κ3) is 2.57. The highest BCUT2D eigenvalue weighted by molar-refractivity contribution is 5.77. The Hall–Kier alpha value is -0.570. The van der Waals surface area contributed by atoms with Gasteiger partial charge in [-0.3, -0.25) is 4.79 Å². The van der Waals surface area contributed by atoms with Crippen molar-refractivity contribution < 1.29 is 4.79 Å². The third-order valence-electron chi connectivity index (χ3n) is 3.97. The first-order valence-corrected chi connectivity index (χ1v) is 6.71. The Labute approximate surface area is 98.6 Å². The van der Waals surface area contributed by atoms with Gasteiger partial charge in [-0.15, -0.1) is 0 Å². The fourth-order valence-electron chi connectivity index (χ4n) is 3.05. The van der Waals surface area contributed by atoms with Gasteiger partial charge in [0.05, 0.1) is 0 Å². The lowest BCUT2D eigenvalue weighted by atomic mass is 10.0. The summed E-state index contributed by atoms with van der Waals surface area (Å²) in [6, 6.07) is 0.940. The quantitative estimate of drug-likeness (QED) is 0.792. The number of likely N-dealkylation sites (tertiary alicyclic amines) is 1. The summed E-state index contributed by atoms with van der Waals surface area (Å²) in [5, 5.41) is 3.41. The molecule has 0 aliphatic carbocycles. The number of carbonyl (C=O) groups is 1. The zero-order valence-corrected chi connectivity index (χ0v) is 10.5. The zero-order valence-electron chi connectivity index (χ0n) is 10.5. The first-order chi connectivity index (χ1) is 7.68. The smallest absolute Gasteiger partial charge is 0.224 e. The average molecular weight is 224 g/mol. The number of nitrogens with one attached hydrogen (secondary N) is 1. The Kier molecular flexibility index (Phi) is 3.85. The monoisotopic (exact) mass is 224 g/mol. The maximum absolute atomic E-state index is 12.2. The van der Waals surface area contributed by atoms with E-state index in [1.165, 1.54) is 25.7 Å². The second kappa shape index (κ2) is 5.17. The standard InChI is InChI=1S/C13H24N2O/c1-10(2)12-6-4-8-15(12)13(16)9-11-5-3-7-14-11/h10-12,14H,3-9H2,1-2H3. The number of hydrogen-bond acceptors (Lipinski definition) is 2. The lowest BCUT2D eigenvalue weighted by Crippen LogP contribution is -2.41. The van der Waals surface area contributed by atoms with Gasteiger partial charge < -0.3 is 10.2 Å². The van der Waals surface area contributed by atoms with Gasteiger partial charge in [0.15, 0.2) is 0 Å². The van der Waals surface area contributed by atoms with Crippen molar-refractivity contribution in [1.29, 1.82) is 0 Å². The lowest BCUT2D eigenvalue weighted by molar-refractivity contribution is -0.133. The van der Waals surface area contributed by atoms with Crippen LogP contribution >= 0.6 is 0 Å². The van der Waals surface area contributed by atoms with E-state index >= 15 is 0 Å². The largest absolute Gasteiger partial charge is 0.339 e. The van der Waals surface area contributed by atoms with Crippen LogP contribution in [0.3, 0.4) is 0 Å². The van der Waals surface area contributed by atoms with Crippen molar-refractivity contribution in [3.8, 4) is 0 Å². The molecule has 0 bridgehead atoms. The Morgan fingerprint density at radius 2 is 2.19 bits per heavy atom. The Morgan fingerprint density at radius 3 is 2.81 bits per heavy atom. The Morgan fingerprint density at radius 1 is 1.38 bits per heavy atom. The molecule has 16 heavy (non-hydrogen) atoms. The van der Waals surface area contributed by atoms with Crippen molar-refractivity contribution in [3.05, 3.63) is 0 Å². The van der Waals surface area contributed by atoms with Crippen molar-refractivity contribution in [2.45, 2.75) is 58.0 Å². The number of nitrogens with zero attached hydrogens (tertiary/aromatic N) is 1. The SMILES string of the molecule is CC(C)C1CCCN1C(=O)CC1CCCN1. The summed E-state index contributed by atoms with van der Waals surface area (Å²) in [7, 11) is 0. The molecular weight excluding hydrogens is 200 g/mol. The van der Waals surface area contributed by atoms with Gasteiger partial charge in [0.25, 0.3) is 0 Å². The van der Waals surface area contributed by atoms with Crippen molar-refractivity contribution in [1.82, 2.24) is 10.2 Å². The van der Waals surface area contributed by atoms with E-state index < -0.39 is 0 Å². The van der Waals surface area contributed by atoms with Crippen LogP contribution in [0, 0.1) is 5.92 Å². The van der Waals surface area contributed by atoms with Gasteiger partial charge in [0.2, 0.25) is 5.91 Å². The number of amides is 1. The topological polar surface area (TPSA) is 32.3 Å². The summed E-state index contributed by atoms with van der Waals surface area (Å²) in [6.45, 7) is 6.52. The Balaban J connectivity index is 1.87. The summed E-state index contributed by atoms with van der Waals surface area (Å²) in [6.07, 6.45) is 5.49. The van der Waals surface area contributed by atoms with Crippen LogP contribution in [0.4, 0.5) is 0 Å². The summed E-state index contributed by atoms with van der Waals surface area (Å²) >= 11 is 0. The molecular formula is C13H24N2O. The molecule has 1 amide bonds. The van der Waals surface area contributed by atoms with Gasteiger partial charge in [0.1, 0.15) is 0 Å². The molecule has 3 nitrogen and oxygen atoms in total. The van der Waals surface area contributed by atoms with Gasteiger partial charge in [-0.2, -0.15) is 0 Å². The normalized spacial score (nSPS) is 30.3. The minimum absolute atomic E-state index is 0.371. The maximum atomic E-state index is 12.2. The molecule has 0 spiro atoms. The molecule has 2 atom stereocenters. The van der Waals surface area contributed by atoms with E-state index in [9.17, 15) is 4.79 Å². The van der Waals surface area contributed by atoms with Crippen LogP contribution in [-0.4, -0.2) is 36.0 Å². The van der Waals surface area contributed by atoms with E-state index in [0.29, 0.717) is 30.3 Å². The molecule has 2 saturated heterocycles. The molecule has 0 radical (unpaired) electrons. The van der Waals surface area contributed by atoms with Crippen molar-refractivity contribution in [2.24, 2.45) is 5.92 Å². The highest BCUT2D eigenvalue weighted by Crippen LogP contribution is 2.25. The van der Waals surface area contributed by atoms with E-state index in [2.05, 4.69) is 24.1 Å². The Bertz CT molecular complexity index is 246. The average Bonchev–Trinajstić information content (AvgIpc) is 2.86. The molecule has 0 saturated carbocycles. The summed E-state index contributed by atoms with van der Waals surface area (Å²) in [5.41, 5.74) is 0. The van der Waals surface area contributed by atoms with E-state index in [0.717, 1.165) is 13.1 Å². The zero-order chi connectivity index (χ0) is 11.5. The van der Waals surface area contributed by atoms with Crippen LogP contribution in [-0.2, 0) is 4.79 Å². The van der Waals surface area contributed by atoms with Crippen LogP contribution in [0.5, 0.6) is 0 Å². The van der Waals surface area contributed by atoms with Gasteiger partial charge >= 0.3 is 0 Å². The first kappa shape index (κ1) is 11.9. The number of rotatable bonds is 3. The van der Waals surface area contributed by atoms with Gasteiger partial charge in [-0.05, 0) is 38.1 Å². The van der Waals surface area contributed by atoms with Crippen molar-refractivity contribution in [3.63, 3.8) is 0 Å². The first-order valence-electron chi connectivity index (χ1n) is 6.71. The maximum Gasteiger partial charge on any atom is 0.224 e. The molecule has 0 aromatic carbocycles. The molecule has 0 aromatic rings. The van der Waals surface area contributed by atoms with Crippen LogP contribution in [0.2, 0.25) is 0 Å². The summed E-state index contributed by atoms with van der Waals surface area (Å²) < 4.78 is 0. The molecule has 3 heteroatoms. The van der Waals surface area contributed by atoms with Crippen LogP contribution in [0.1, 0.15) is 46.0 Å². The fraction of sp³-hybridized carbons (Fsp3) is 0.923. The molecule has 2 rings (SSSR count). The van der Waals surface area contributed by atoms with Crippen molar-refractivity contribution >= 4 is 5.91 Å². The second-order valence-corrected chi connectivity index (χ2v) is 5.54.